The summed E-state index contributed by atoms with van der Waals surface area (Å²) in [5.41, 5.74) is 2.24. The molecule has 0 radical (unpaired) electrons. The number of hydrogen-bond donors (Lipinski definition) is 1. The number of ether oxygens (including phenoxy) is 1. The molecule has 1 aliphatic carbocycles. The zero-order valence-electron chi connectivity index (χ0n) is 14.6. The van der Waals surface area contributed by atoms with E-state index in [1.807, 2.05) is 11.4 Å². The zero-order chi connectivity index (χ0) is 18.4. The van der Waals surface area contributed by atoms with Crippen LogP contribution in [0.4, 0.5) is 4.79 Å². The molecule has 0 heterocycles. The lowest BCUT2D eigenvalue weighted by Crippen LogP contribution is -2.42. The molecule has 1 aliphatic rings. The molecule has 8 heteroatoms. The Hall–Kier alpha value is -1.93. The number of fused-ring (bicyclic) bond motifs is 1. The van der Waals surface area contributed by atoms with E-state index in [0.717, 1.165) is 35.6 Å². The van der Waals surface area contributed by atoms with Crippen LogP contribution in [0.25, 0.3) is 0 Å². The largest absolute Gasteiger partial charge is 0.450 e. The van der Waals surface area contributed by atoms with Gasteiger partial charge >= 0.3 is 6.09 Å². The Bertz CT molecular complexity index is 745. The van der Waals surface area contributed by atoms with Gasteiger partial charge in [-0.25, -0.2) is 13.2 Å². The number of carbonyl (C=O) groups is 2. The predicted octanol–water partition coefficient (Wildman–Crippen LogP) is 1.85. The number of amides is 2. The SMILES string of the molecule is CCOC(=O)NC(=O)CN(CC)S(=O)(=O)c1ccc2c(c1)CCCC2. The Morgan fingerprint density at radius 2 is 1.84 bits per heavy atom. The fourth-order valence-electron chi connectivity index (χ4n) is 2.87. The normalized spacial score (nSPS) is 14.0. The van der Waals surface area contributed by atoms with E-state index in [9.17, 15) is 18.0 Å². The van der Waals surface area contributed by atoms with Crippen LogP contribution in [0.2, 0.25) is 0 Å². The molecule has 0 saturated carbocycles. The van der Waals surface area contributed by atoms with E-state index in [2.05, 4.69) is 4.74 Å². The lowest BCUT2D eigenvalue weighted by molar-refractivity contribution is -0.120. The van der Waals surface area contributed by atoms with Gasteiger partial charge in [0.05, 0.1) is 18.0 Å². The minimum absolute atomic E-state index is 0.121. The van der Waals surface area contributed by atoms with E-state index >= 15 is 0 Å². The molecule has 1 aromatic rings. The summed E-state index contributed by atoms with van der Waals surface area (Å²) in [7, 11) is -3.81. The highest BCUT2D eigenvalue weighted by atomic mass is 32.2. The zero-order valence-corrected chi connectivity index (χ0v) is 15.4. The predicted molar refractivity (Wildman–Crippen MR) is 92.7 cm³/mol. The van der Waals surface area contributed by atoms with Gasteiger partial charge in [-0.15, -0.1) is 0 Å². The molecule has 0 atom stereocenters. The fourth-order valence-corrected chi connectivity index (χ4v) is 4.32. The van der Waals surface area contributed by atoms with Crippen molar-refractivity contribution in [2.24, 2.45) is 0 Å². The second-order valence-corrected chi connectivity index (χ2v) is 7.78. The topological polar surface area (TPSA) is 92.8 Å². The van der Waals surface area contributed by atoms with Gasteiger partial charge < -0.3 is 4.74 Å². The summed E-state index contributed by atoms with van der Waals surface area (Å²) in [5.74, 6) is -0.721. The van der Waals surface area contributed by atoms with Gasteiger partial charge in [-0.3, -0.25) is 10.1 Å². The molecule has 1 N–H and O–H groups in total. The first kappa shape index (κ1) is 19.4. The summed E-state index contributed by atoms with van der Waals surface area (Å²) < 4.78 is 31.3. The van der Waals surface area contributed by atoms with Crippen LogP contribution in [0.1, 0.15) is 37.8 Å². The molecule has 2 amide bonds. The van der Waals surface area contributed by atoms with Crippen molar-refractivity contribution in [1.29, 1.82) is 0 Å². The van der Waals surface area contributed by atoms with Gasteiger partial charge in [0.25, 0.3) is 0 Å². The third kappa shape index (κ3) is 4.79. The first-order chi connectivity index (χ1) is 11.9. The van der Waals surface area contributed by atoms with Crippen LogP contribution < -0.4 is 5.32 Å². The highest BCUT2D eigenvalue weighted by Gasteiger charge is 2.27. The molecule has 2 rings (SSSR count). The Labute approximate surface area is 148 Å². The third-order valence-corrected chi connectivity index (χ3v) is 6.06. The average Bonchev–Trinajstić information content (AvgIpc) is 2.59. The van der Waals surface area contributed by atoms with Gasteiger partial charge in [0.1, 0.15) is 0 Å². The van der Waals surface area contributed by atoms with Crippen LogP contribution in [-0.4, -0.2) is 44.4 Å². The lowest BCUT2D eigenvalue weighted by atomic mass is 9.92. The second kappa shape index (κ2) is 8.44. The molecule has 0 saturated heterocycles. The molecule has 1 aromatic carbocycles. The summed E-state index contributed by atoms with van der Waals surface area (Å²) in [5, 5.41) is 2.01. The van der Waals surface area contributed by atoms with Crippen LogP contribution >= 0.6 is 0 Å². The van der Waals surface area contributed by atoms with Gasteiger partial charge in [0.2, 0.25) is 15.9 Å². The maximum absolute atomic E-state index is 12.8. The third-order valence-electron chi connectivity index (χ3n) is 4.15. The Morgan fingerprint density at radius 3 is 2.48 bits per heavy atom. The maximum Gasteiger partial charge on any atom is 0.413 e. The van der Waals surface area contributed by atoms with E-state index in [1.165, 1.54) is 5.56 Å². The molecule has 25 heavy (non-hydrogen) atoms. The smallest absolute Gasteiger partial charge is 0.413 e. The van der Waals surface area contributed by atoms with E-state index in [4.69, 9.17) is 0 Å². The molecule has 138 valence electrons. The number of rotatable bonds is 6. The molecule has 0 fully saturated rings. The number of imide groups is 1. The number of alkyl carbamates (subject to hydrolysis) is 1. The van der Waals surface area contributed by atoms with Crippen molar-refractivity contribution < 1.29 is 22.7 Å². The minimum atomic E-state index is -3.81. The van der Waals surface area contributed by atoms with Crippen molar-refractivity contribution in [1.82, 2.24) is 9.62 Å². The van der Waals surface area contributed by atoms with Crippen LogP contribution in [0.15, 0.2) is 23.1 Å². The van der Waals surface area contributed by atoms with Crippen LogP contribution in [-0.2, 0) is 32.4 Å². The van der Waals surface area contributed by atoms with Crippen LogP contribution in [0.3, 0.4) is 0 Å². The fraction of sp³-hybridized carbons (Fsp3) is 0.529. The quantitative estimate of drug-likeness (QED) is 0.827. The number of likely N-dealkylation sites (N-methyl/N-ethyl adjacent to an activating group) is 1. The first-order valence-corrected chi connectivity index (χ1v) is 9.91. The molecule has 0 spiro atoms. The van der Waals surface area contributed by atoms with Crippen molar-refractivity contribution in [3.8, 4) is 0 Å². The molecule has 0 bridgehead atoms. The minimum Gasteiger partial charge on any atom is -0.450 e. The average molecular weight is 368 g/mol. The molecular formula is C17H24N2O5S. The van der Waals surface area contributed by atoms with Crippen LogP contribution in [0.5, 0.6) is 0 Å². The lowest BCUT2D eigenvalue weighted by Gasteiger charge is -2.22. The van der Waals surface area contributed by atoms with Crippen molar-refractivity contribution in [3.63, 3.8) is 0 Å². The number of nitrogens with one attached hydrogen (secondary N) is 1. The Balaban J connectivity index is 2.15. The van der Waals surface area contributed by atoms with E-state index < -0.39 is 28.6 Å². The summed E-state index contributed by atoms with van der Waals surface area (Å²) >= 11 is 0. The second-order valence-electron chi connectivity index (χ2n) is 5.84. The molecule has 0 unspecified atom stereocenters. The molecular weight excluding hydrogens is 344 g/mol. The summed E-state index contributed by atoms with van der Waals surface area (Å²) in [6.07, 6.45) is 3.13. The number of nitrogens with zero attached hydrogens (tertiary/aromatic N) is 1. The van der Waals surface area contributed by atoms with Crippen LogP contribution in [0, 0.1) is 0 Å². The number of sulfonamides is 1. The van der Waals surface area contributed by atoms with Crippen molar-refractivity contribution in [2.45, 2.75) is 44.4 Å². The Morgan fingerprint density at radius 1 is 1.16 bits per heavy atom. The Kier molecular flexibility index (Phi) is 6.55. The standard InChI is InChI=1S/C17H24N2O5S/c1-3-19(12-16(20)18-17(21)24-4-2)25(22,23)15-10-9-13-7-5-6-8-14(13)11-15/h9-11H,3-8,12H2,1-2H3,(H,18,20,21). The van der Waals surface area contributed by atoms with Gasteiger partial charge in [-0.1, -0.05) is 13.0 Å². The van der Waals surface area contributed by atoms with Gasteiger partial charge in [0.15, 0.2) is 0 Å². The summed E-state index contributed by atoms with van der Waals surface area (Å²) in [4.78, 5) is 23.4. The first-order valence-electron chi connectivity index (χ1n) is 8.47. The van der Waals surface area contributed by atoms with Gasteiger partial charge in [-0.2, -0.15) is 4.31 Å². The number of hydrogen-bond acceptors (Lipinski definition) is 5. The van der Waals surface area contributed by atoms with E-state index in [-0.39, 0.29) is 18.0 Å². The van der Waals surface area contributed by atoms with Crippen molar-refractivity contribution >= 4 is 22.0 Å². The summed E-state index contributed by atoms with van der Waals surface area (Å²) in [6.45, 7) is 3.07. The van der Waals surface area contributed by atoms with Gasteiger partial charge in [0, 0.05) is 6.54 Å². The number of carbonyl (C=O) groups excluding carboxylic acids is 2. The van der Waals surface area contributed by atoms with Gasteiger partial charge in [-0.05, 0) is 55.9 Å². The highest BCUT2D eigenvalue weighted by Crippen LogP contribution is 2.25. The highest BCUT2D eigenvalue weighted by molar-refractivity contribution is 7.89. The molecule has 0 aromatic heterocycles. The van der Waals surface area contributed by atoms with E-state index in [0.29, 0.717) is 0 Å². The number of aryl methyl sites for hydroxylation is 2. The maximum atomic E-state index is 12.8. The van der Waals surface area contributed by atoms with E-state index in [1.54, 1.807) is 26.0 Å². The molecule has 7 nitrogen and oxygen atoms in total. The summed E-state index contributed by atoms with van der Waals surface area (Å²) in [6, 6.07) is 5.15. The number of benzene rings is 1. The monoisotopic (exact) mass is 368 g/mol. The van der Waals surface area contributed by atoms with Crippen molar-refractivity contribution in [2.75, 3.05) is 19.7 Å². The molecule has 0 aliphatic heterocycles. The van der Waals surface area contributed by atoms with Crippen molar-refractivity contribution in [3.05, 3.63) is 29.3 Å².